The summed E-state index contributed by atoms with van der Waals surface area (Å²) >= 11 is 0. The predicted molar refractivity (Wildman–Crippen MR) is 117 cm³/mol. The average molecular weight is 432 g/mol. The smallest absolute Gasteiger partial charge is 0.396 e. The van der Waals surface area contributed by atoms with Gasteiger partial charge in [0.05, 0.1) is 12.2 Å². The Hall–Kier alpha value is -1.85. The van der Waals surface area contributed by atoms with Crippen molar-refractivity contribution in [1.29, 1.82) is 0 Å². The second kappa shape index (κ2) is 9.74. The zero-order valence-electron chi connectivity index (χ0n) is 17.9. The van der Waals surface area contributed by atoms with Crippen LogP contribution in [0.3, 0.4) is 0 Å². The number of halogens is 3. The number of aliphatic hydroxyl groups is 1. The molecule has 1 saturated heterocycles. The van der Waals surface area contributed by atoms with Gasteiger partial charge in [-0.15, -0.1) is 0 Å². The van der Waals surface area contributed by atoms with Crippen molar-refractivity contribution in [2.45, 2.75) is 44.2 Å². The summed E-state index contributed by atoms with van der Waals surface area (Å²) in [6, 6.07) is 16.1. The summed E-state index contributed by atoms with van der Waals surface area (Å²) in [7, 11) is 0. The molecule has 2 aliphatic rings. The number of hydrogen-bond acceptors (Lipinski definition) is 2. The molecule has 2 nitrogen and oxygen atoms in total. The van der Waals surface area contributed by atoms with E-state index in [1.54, 1.807) is 6.07 Å². The summed E-state index contributed by atoms with van der Waals surface area (Å²) in [5.41, 5.74) is 1.35. The zero-order chi connectivity index (χ0) is 21.8. The second-order valence-corrected chi connectivity index (χ2v) is 9.46. The van der Waals surface area contributed by atoms with Crippen LogP contribution in [0.25, 0.3) is 0 Å². The molecule has 1 saturated carbocycles. The molecule has 1 aliphatic carbocycles. The van der Waals surface area contributed by atoms with Gasteiger partial charge in [-0.05, 0) is 60.6 Å². The van der Waals surface area contributed by atoms with Gasteiger partial charge in [0.1, 0.15) is 0 Å². The third-order valence-corrected chi connectivity index (χ3v) is 7.23. The third-order valence-electron chi connectivity index (χ3n) is 7.23. The second-order valence-electron chi connectivity index (χ2n) is 9.46. The Morgan fingerprint density at radius 1 is 0.968 bits per heavy atom. The first-order valence-electron chi connectivity index (χ1n) is 11.5. The minimum absolute atomic E-state index is 0.130. The molecule has 2 aromatic rings. The molecule has 4 rings (SSSR count). The van der Waals surface area contributed by atoms with Crippen molar-refractivity contribution >= 4 is 0 Å². The van der Waals surface area contributed by atoms with Gasteiger partial charge in [-0.2, -0.15) is 13.2 Å². The van der Waals surface area contributed by atoms with E-state index in [1.807, 2.05) is 0 Å². The molecule has 2 unspecified atom stereocenters. The lowest BCUT2D eigenvalue weighted by Crippen LogP contribution is -2.29. The standard InChI is InChI=1S/C26H32F3NO/c27-26(28,29)25-11-5-10-21(14-25)24(18-31)17-30-15-22-12-20(13-23(22)16-30)9-4-8-19-6-2-1-3-7-19/h1-3,5-7,10-11,14,20,22-24,31H,4,8-9,12-13,15-18H2/t20?,22-,23+,24?. The summed E-state index contributed by atoms with van der Waals surface area (Å²) in [5, 5.41) is 9.86. The van der Waals surface area contributed by atoms with Crippen LogP contribution in [0, 0.1) is 17.8 Å². The van der Waals surface area contributed by atoms with E-state index in [2.05, 4.69) is 35.2 Å². The van der Waals surface area contributed by atoms with E-state index in [0.717, 1.165) is 31.5 Å². The molecule has 0 amide bonds. The van der Waals surface area contributed by atoms with Crippen molar-refractivity contribution in [3.63, 3.8) is 0 Å². The average Bonchev–Trinajstić information content (AvgIpc) is 3.30. The first kappa shape index (κ1) is 22.3. The normalized spacial score (nSPS) is 25.0. The Balaban J connectivity index is 1.25. The molecular weight excluding hydrogens is 399 g/mol. The minimum atomic E-state index is -4.35. The number of aliphatic hydroxyl groups excluding tert-OH is 1. The summed E-state index contributed by atoms with van der Waals surface area (Å²) in [6.07, 6.45) is 1.85. The minimum Gasteiger partial charge on any atom is -0.396 e. The van der Waals surface area contributed by atoms with Crippen LogP contribution in [0.5, 0.6) is 0 Å². The molecule has 4 atom stereocenters. The lowest BCUT2D eigenvalue weighted by Gasteiger charge is -2.24. The number of likely N-dealkylation sites (tertiary alicyclic amines) is 1. The monoisotopic (exact) mass is 431 g/mol. The summed E-state index contributed by atoms with van der Waals surface area (Å²) in [6.45, 7) is 2.52. The molecule has 0 spiro atoms. The Morgan fingerprint density at radius 2 is 1.68 bits per heavy atom. The van der Waals surface area contributed by atoms with E-state index in [4.69, 9.17) is 0 Å². The highest BCUT2D eigenvalue weighted by Crippen LogP contribution is 2.44. The Bertz CT molecular complexity index is 824. The van der Waals surface area contributed by atoms with Crippen molar-refractivity contribution in [1.82, 2.24) is 4.90 Å². The quantitative estimate of drug-likeness (QED) is 0.574. The molecule has 5 heteroatoms. The van der Waals surface area contributed by atoms with Gasteiger partial charge in [-0.25, -0.2) is 0 Å². The lowest BCUT2D eigenvalue weighted by atomic mass is 9.95. The van der Waals surface area contributed by atoms with Gasteiger partial charge in [0.2, 0.25) is 0 Å². The van der Waals surface area contributed by atoms with Crippen LogP contribution in [0.15, 0.2) is 54.6 Å². The number of aryl methyl sites for hydroxylation is 1. The largest absolute Gasteiger partial charge is 0.416 e. The number of nitrogens with zero attached hydrogens (tertiary/aromatic N) is 1. The number of fused-ring (bicyclic) bond motifs is 1. The van der Waals surface area contributed by atoms with E-state index < -0.39 is 11.7 Å². The molecule has 0 bridgehead atoms. The molecule has 0 aromatic heterocycles. The Kier molecular flexibility index (Phi) is 7.02. The zero-order valence-corrected chi connectivity index (χ0v) is 17.9. The molecule has 1 heterocycles. The van der Waals surface area contributed by atoms with Crippen LogP contribution in [0.4, 0.5) is 13.2 Å². The van der Waals surface area contributed by atoms with Crippen molar-refractivity contribution in [3.8, 4) is 0 Å². The van der Waals surface area contributed by atoms with Crippen molar-refractivity contribution in [2.75, 3.05) is 26.2 Å². The van der Waals surface area contributed by atoms with Crippen LogP contribution in [0.1, 0.15) is 48.3 Å². The van der Waals surface area contributed by atoms with Crippen molar-refractivity contribution < 1.29 is 18.3 Å². The van der Waals surface area contributed by atoms with Crippen LogP contribution < -0.4 is 0 Å². The molecule has 2 fully saturated rings. The topological polar surface area (TPSA) is 23.5 Å². The number of hydrogen-bond donors (Lipinski definition) is 1. The maximum atomic E-state index is 13.0. The number of alkyl halides is 3. The van der Waals surface area contributed by atoms with E-state index in [1.165, 1.54) is 43.4 Å². The number of rotatable bonds is 8. The molecule has 31 heavy (non-hydrogen) atoms. The third kappa shape index (κ3) is 5.69. The van der Waals surface area contributed by atoms with Crippen molar-refractivity contribution in [2.24, 2.45) is 17.8 Å². The van der Waals surface area contributed by atoms with Gasteiger partial charge in [0.15, 0.2) is 0 Å². The first-order valence-corrected chi connectivity index (χ1v) is 11.5. The van der Waals surface area contributed by atoms with Gasteiger partial charge < -0.3 is 10.0 Å². The van der Waals surface area contributed by atoms with Crippen LogP contribution >= 0.6 is 0 Å². The van der Waals surface area contributed by atoms with Gasteiger partial charge in [-0.1, -0.05) is 55.0 Å². The number of benzene rings is 2. The maximum absolute atomic E-state index is 13.0. The van der Waals surface area contributed by atoms with Crippen molar-refractivity contribution in [3.05, 3.63) is 71.3 Å². The summed E-state index contributed by atoms with van der Waals surface area (Å²) in [4.78, 5) is 2.36. The Labute approximate surface area is 183 Å². The molecule has 1 N–H and O–H groups in total. The highest BCUT2D eigenvalue weighted by Gasteiger charge is 2.41. The fourth-order valence-corrected chi connectivity index (χ4v) is 5.70. The molecule has 168 valence electrons. The highest BCUT2D eigenvalue weighted by molar-refractivity contribution is 5.28. The Morgan fingerprint density at radius 3 is 2.32 bits per heavy atom. The molecule has 1 aliphatic heterocycles. The highest BCUT2D eigenvalue weighted by atomic mass is 19.4. The van der Waals surface area contributed by atoms with Crippen LogP contribution in [0.2, 0.25) is 0 Å². The van der Waals surface area contributed by atoms with Gasteiger partial charge in [0.25, 0.3) is 0 Å². The van der Waals surface area contributed by atoms with E-state index in [0.29, 0.717) is 23.9 Å². The van der Waals surface area contributed by atoms with E-state index in [9.17, 15) is 18.3 Å². The summed E-state index contributed by atoms with van der Waals surface area (Å²) in [5.74, 6) is 1.92. The predicted octanol–water partition coefficient (Wildman–Crippen LogP) is 5.76. The fraction of sp³-hybridized carbons (Fsp3) is 0.538. The van der Waals surface area contributed by atoms with Crippen LogP contribution in [-0.4, -0.2) is 36.2 Å². The molecule has 2 aromatic carbocycles. The fourth-order valence-electron chi connectivity index (χ4n) is 5.70. The van der Waals surface area contributed by atoms with E-state index in [-0.39, 0.29) is 12.5 Å². The SMILES string of the molecule is OCC(CN1C[C@H]2CC(CCCc3ccccc3)C[C@H]2C1)c1cccc(C(F)(F)F)c1. The lowest BCUT2D eigenvalue weighted by molar-refractivity contribution is -0.137. The molecular formula is C26H32F3NO. The van der Waals surface area contributed by atoms with Gasteiger partial charge >= 0.3 is 6.18 Å². The van der Waals surface area contributed by atoms with Gasteiger partial charge in [-0.3, -0.25) is 0 Å². The van der Waals surface area contributed by atoms with E-state index >= 15 is 0 Å². The van der Waals surface area contributed by atoms with Crippen LogP contribution in [-0.2, 0) is 12.6 Å². The first-order chi connectivity index (χ1) is 14.9. The molecule has 0 radical (unpaired) electrons. The summed E-state index contributed by atoms with van der Waals surface area (Å²) < 4.78 is 39.1. The van der Waals surface area contributed by atoms with Gasteiger partial charge in [0, 0.05) is 25.6 Å². The maximum Gasteiger partial charge on any atom is 0.416 e.